The molecule has 2 rings (SSSR count). The van der Waals surface area contributed by atoms with E-state index in [0.717, 1.165) is 0 Å². The van der Waals surface area contributed by atoms with Gasteiger partial charge in [-0.1, -0.05) is 6.07 Å². The lowest BCUT2D eigenvalue weighted by molar-refractivity contribution is -0.139. The highest BCUT2D eigenvalue weighted by atomic mass is 16.5. The van der Waals surface area contributed by atoms with Crippen molar-refractivity contribution in [1.29, 1.82) is 5.26 Å². The van der Waals surface area contributed by atoms with Crippen molar-refractivity contribution in [3.63, 3.8) is 0 Å². The normalized spacial score (nSPS) is 10.7. The van der Waals surface area contributed by atoms with Crippen molar-refractivity contribution in [3.05, 3.63) is 53.5 Å². The van der Waals surface area contributed by atoms with Crippen LogP contribution in [-0.2, 0) is 16.1 Å². The van der Waals surface area contributed by atoms with E-state index in [-0.39, 0.29) is 17.9 Å². The Labute approximate surface area is 155 Å². The average Bonchev–Trinajstić information content (AvgIpc) is 3.17. The van der Waals surface area contributed by atoms with Gasteiger partial charge < -0.3 is 24.3 Å². The number of nitriles is 1. The van der Waals surface area contributed by atoms with Gasteiger partial charge in [0, 0.05) is 0 Å². The zero-order chi connectivity index (χ0) is 19.6. The van der Waals surface area contributed by atoms with Crippen molar-refractivity contribution >= 4 is 18.0 Å². The minimum atomic E-state index is -1.11. The number of carboxylic acid groups (broad SMARTS) is 1. The number of hydrogen-bond acceptors (Lipinski definition) is 6. The molecule has 0 spiro atoms. The van der Waals surface area contributed by atoms with Crippen molar-refractivity contribution < 1.29 is 28.6 Å². The van der Waals surface area contributed by atoms with Crippen LogP contribution in [0, 0.1) is 11.3 Å². The van der Waals surface area contributed by atoms with E-state index in [9.17, 15) is 14.9 Å². The Morgan fingerprint density at radius 2 is 2.11 bits per heavy atom. The summed E-state index contributed by atoms with van der Waals surface area (Å²) in [5.74, 6) is -0.503. The molecule has 0 saturated carbocycles. The Hall–Kier alpha value is -3.73. The molecule has 0 aliphatic rings. The first-order valence-corrected chi connectivity index (χ1v) is 8.07. The van der Waals surface area contributed by atoms with Gasteiger partial charge in [-0.15, -0.1) is 0 Å². The molecular formula is C19H18N2O6. The molecule has 1 aromatic carbocycles. The molecule has 1 heterocycles. The molecule has 8 nitrogen and oxygen atoms in total. The molecular weight excluding hydrogens is 352 g/mol. The highest BCUT2D eigenvalue weighted by molar-refractivity contribution is 6.01. The molecule has 0 saturated heterocycles. The molecule has 0 aliphatic carbocycles. The largest absolute Gasteiger partial charge is 0.490 e. The van der Waals surface area contributed by atoms with Crippen LogP contribution in [0.1, 0.15) is 18.2 Å². The Morgan fingerprint density at radius 3 is 2.74 bits per heavy atom. The summed E-state index contributed by atoms with van der Waals surface area (Å²) in [6, 6.07) is 9.95. The number of carbonyl (C=O) groups is 2. The van der Waals surface area contributed by atoms with Crippen LogP contribution in [0.15, 0.2) is 46.6 Å². The number of carboxylic acids is 1. The highest BCUT2D eigenvalue weighted by Crippen LogP contribution is 2.29. The fourth-order valence-corrected chi connectivity index (χ4v) is 2.13. The predicted octanol–water partition coefficient (Wildman–Crippen LogP) is 2.37. The van der Waals surface area contributed by atoms with Crippen LogP contribution in [-0.4, -0.2) is 30.2 Å². The van der Waals surface area contributed by atoms with E-state index in [2.05, 4.69) is 5.32 Å². The van der Waals surface area contributed by atoms with Crippen LogP contribution < -0.4 is 14.8 Å². The number of nitrogens with zero attached hydrogens (tertiary/aromatic N) is 1. The molecule has 27 heavy (non-hydrogen) atoms. The first kappa shape index (κ1) is 19.6. The molecule has 0 radical (unpaired) electrons. The molecule has 0 unspecified atom stereocenters. The topological polar surface area (TPSA) is 122 Å². The van der Waals surface area contributed by atoms with E-state index in [1.54, 1.807) is 31.2 Å². The Morgan fingerprint density at radius 1 is 1.30 bits per heavy atom. The molecule has 0 atom stereocenters. The van der Waals surface area contributed by atoms with E-state index in [1.165, 1.54) is 18.4 Å². The van der Waals surface area contributed by atoms with Gasteiger partial charge in [0.25, 0.3) is 5.91 Å². The van der Waals surface area contributed by atoms with Crippen molar-refractivity contribution in [2.24, 2.45) is 0 Å². The summed E-state index contributed by atoms with van der Waals surface area (Å²) >= 11 is 0. The summed E-state index contributed by atoms with van der Waals surface area (Å²) in [7, 11) is 0. The Kier molecular flexibility index (Phi) is 7.02. The number of aliphatic carboxylic acids is 1. The van der Waals surface area contributed by atoms with E-state index in [1.807, 2.05) is 6.07 Å². The van der Waals surface area contributed by atoms with E-state index >= 15 is 0 Å². The fourth-order valence-electron chi connectivity index (χ4n) is 2.13. The minimum absolute atomic E-state index is 0.0943. The maximum Gasteiger partial charge on any atom is 0.341 e. The third-order valence-corrected chi connectivity index (χ3v) is 3.30. The second-order valence-electron chi connectivity index (χ2n) is 5.25. The van der Waals surface area contributed by atoms with E-state index in [0.29, 0.717) is 23.7 Å². The van der Waals surface area contributed by atoms with Crippen molar-refractivity contribution in [2.45, 2.75) is 13.5 Å². The van der Waals surface area contributed by atoms with Gasteiger partial charge >= 0.3 is 5.97 Å². The Balaban J connectivity index is 2.15. The fraction of sp³-hybridized carbons (Fsp3) is 0.211. The van der Waals surface area contributed by atoms with Crippen molar-refractivity contribution in [3.8, 4) is 17.6 Å². The highest BCUT2D eigenvalue weighted by Gasteiger charge is 2.12. The summed E-state index contributed by atoms with van der Waals surface area (Å²) in [5.41, 5.74) is 0.439. The quantitative estimate of drug-likeness (QED) is 0.513. The van der Waals surface area contributed by atoms with Gasteiger partial charge in [-0.3, -0.25) is 4.79 Å². The first-order chi connectivity index (χ1) is 13.0. The third-order valence-electron chi connectivity index (χ3n) is 3.30. The number of hydrogen-bond donors (Lipinski definition) is 2. The van der Waals surface area contributed by atoms with Gasteiger partial charge in [-0.2, -0.15) is 5.26 Å². The lowest BCUT2D eigenvalue weighted by Gasteiger charge is -2.11. The molecule has 0 aliphatic heterocycles. The Bertz CT molecular complexity index is 865. The van der Waals surface area contributed by atoms with Crippen molar-refractivity contribution in [2.75, 3.05) is 13.2 Å². The molecule has 0 fully saturated rings. The zero-order valence-corrected chi connectivity index (χ0v) is 14.6. The lowest BCUT2D eigenvalue weighted by Crippen LogP contribution is -2.23. The second-order valence-corrected chi connectivity index (χ2v) is 5.25. The number of amides is 1. The number of nitrogens with one attached hydrogen (secondary N) is 1. The van der Waals surface area contributed by atoms with Crippen LogP contribution >= 0.6 is 0 Å². The van der Waals surface area contributed by atoms with Gasteiger partial charge in [0.15, 0.2) is 18.1 Å². The summed E-state index contributed by atoms with van der Waals surface area (Å²) in [6.45, 7) is 1.77. The summed E-state index contributed by atoms with van der Waals surface area (Å²) in [4.78, 5) is 22.8. The maximum absolute atomic E-state index is 12.2. The minimum Gasteiger partial charge on any atom is -0.490 e. The van der Waals surface area contributed by atoms with Crippen molar-refractivity contribution in [1.82, 2.24) is 5.32 Å². The number of carbonyl (C=O) groups excluding carboxylic acids is 1. The maximum atomic E-state index is 12.2. The average molecular weight is 370 g/mol. The van der Waals surface area contributed by atoms with Crippen LogP contribution in [0.5, 0.6) is 11.5 Å². The molecule has 140 valence electrons. The smallest absolute Gasteiger partial charge is 0.341 e. The van der Waals surface area contributed by atoms with E-state index < -0.39 is 18.5 Å². The molecule has 8 heteroatoms. The number of benzene rings is 1. The van der Waals surface area contributed by atoms with Gasteiger partial charge in [0.1, 0.15) is 17.4 Å². The lowest BCUT2D eigenvalue weighted by atomic mass is 10.1. The monoisotopic (exact) mass is 370 g/mol. The molecule has 2 aromatic rings. The van der Waals surface area contributed by atoms with E-state index in [4.69, 9.17) is 19.0 Å². The van der Waals surface area contributed by atoms with Crippen LogP contribution in [0.2, 0.25) is 0 Å². The third kappa shape index (κ3) is 5.93. The molecule has 1 aromatic heterocycles. The molecule has 2 N–H and O–H groups in total. The summed E-state index contributed by atoms with van der Waals surface area (Å²) < 4.78 is 15.7. The van der Waals surface area contributed by atoms with Gasteiger partial charge in [-0.05, 0) is 42.8 Å². The predicted molar refractivity (Wildman–Crippen MR) is 94.9 cm³/mol. The van der Waals surface area contributed by atoms with Gasteiger partial charge in [0.05, 0.1) is 19.4 Å². The van der Waals surface area contributed by atoms with Crippen LogP contribution in [0.3, 0.4) is 0 Å². The molecule has 1 amide bonds. The standard InChI is InChI=1S/C19H18N2O6/c1-2-25-17-9-13(5-6-16(17)27-12-18(22)23)8-14(10-20)19(24)21-11-15-4-3-7-26-15/h3-9H,2,11-12H2,1H3,(H,21,24)(H,22,23). The number of ether oxygens (including phenoxy) is 2. The van der Waals surface area contributed by atoms with Crippen LogP contribution in [0.25, 0.3) is 6.08 Å². The first-order valence-electron chi connectivity index (χ1n) is 8.07. The number of furan rings is 1. The SMILES string of the molecule is CCOc1cc(C=C(C#N)C(=O)NCc2ccco2)ccc1OCC(=O)O. The van der Waals surface area contributed by atoms with Crippen LogP contribution in [0.4, 0.5) is 0 Å². The zero-order valence-electron chi connectivity index (χ0n) is 14.6. The summed E-state index contributed by atoms with van der Waals surface area (Å²) in [5, 5.41) is 20.6. The second kappa shape index (κ2) is 9.68. The van der Waals surface area contributed by atoms with Gasteiger partial charge in [0.2, 0.25) is 0 Å². The number of rotatable bonds is 9. The summed E-state index contributed by atoms with van der Waals surface area (Å²) in [6.07, 6.45) is 2.90. The molecule has 0 bridgehead atoms. The van der Waals surface area contributed by atoms with Gasteiger partial charge in [-0.25, -0.2) is 4.79 Å².